The van der Waals surface area contributed by atoms with Crippen molar-refractivity contribution in [2.24, 2.45) is 5.92 Å². The molecule has 0 radical (unpaired) electrons. The van der Waals surface area contributed by atoms with Crippen molar-refractivity contribution in [1.82, 2.24) is 10.6 Å². The molecule has 1 saturated carbocycles. The third-order valence-electron chi connectivity index (χ3n) is 3.64. The quantitative estimate of drug-likeness (QED) is 0.862. The lowest BCUT2D eigenvalue weighted by atomic mass is 10.00. The molecule has 0 bridgehead atoms. The van der Waals surface area contributed by atoms with Gasteiger partial charge in [-0.05, 0) is 18.9 Å². The van der Waals surface area contributed by atoms with Crippen LogP contribution in [0.3, 0.4) is 0 Å². The maximum absolute atomic E-state index is 13.8. The first kappa shape index (κ1) is 12.1. The van der Waals surface area contributed by atoms with Gasteiger partial charge >= 0.3 is 0 Å². The van der Waals surface area contributed by atoms with Crippen LogP contribution >= 0.6 is 0 Å². The molecule has 0 spiro atoms. The fourth-order valence-corrected chi connectivity index (χ4v) is 2.45. The standard InChI is InChI=1S/C14H15FN2O2/c15-10-4-2-1-3-9(10)13-11(7-12(18)17-13)16-14(19)8-5-6-8/h1-4,8,11,13H,5-7H2,(H,16,19)(H,17,18)/t11-,13?/m0/s1. The Morgan fingerprint density at radius 2 is 2.05 bits per heavy atom. The Labute approximate surface area is 110 Å². The molecule has 1 aromatic rings. The maximum Gasteiger partial charge on any atom is 0.223 e. The fourth-order valence-electron chi connectivity index (χ4n) is 2.45. The molecule has 2 fully saturated rings. The van der Waals surface area contributed by atoms with Gasteiger partial charge in [0.2, 0.25) is 11.8 Å². The first-order valence-electron chi connectivity index (χ1n) is 6.49. The van der Waals surface area contributed by atoms with Crippen molar-refractivity contribution in [3.63, 3.8) is 0 Å². The molecule has 3 rings (SSSR count). The van der Waals surface area contributed by atoms with E-state index in [1.54, 1.807) is 18.2 Å². The van der Waals surface area contributed by atoms with Crippen LogP contribution in [0.4, 0.5) is 4.39 Å². The summed E-state index contributed by atoms with van der Waals surface area (Å²) in [6, 6.07) is 5.49. The van der Waals surface area contributed by atoms with Crippen LogP contribution in [0.2, 0.25) is 0 Å². The molecule has 2 N–H and O–H groups in total. The van der Waals surface area contributed by atoms with E-state index >= 15 is 0 Å². The van der Waals surface area contributed by atoms with Gasteiger partial charge in [0.1, 0.15) is 5.82 Å². The first-order chi connectivity index (χ1) is 9.15. The molecule has 2 amide bonds. The van der Waals surface area contributed by atoms with E-state index in [2.05, 4.69) is 10.6 Å². The summed E-state index contributed by atoms with van der Waals surface area (Å²) in [5.41, 5.74) is 0.425. The molecule has 100 valence electrons. The predicted molar refractivity (Wildman–Crippen MR) is 66.6 cm³/mol. The van der Waals surface area contributed by atoms with Gasteiger partial charge in [-0.3, -0.25) is 9.59 Å². The molecule has 2 aliphatic rings. The van der Waals surface area contributed by atoms with E-state index in [-0.39, 0.29) is 36.0 Å². The fraction of sp³-hybridized carbons (Fsp3) is 0.429. The van der Waals surface area contributed by atoms with Gasteiger partial charge in [-0.15, -0.1) is 0 Å². The van der Waals surface area contributed by atoms with Crippen LogP contribution in [0.25, 0.3) is 0 Å². The minimum Gasteiger partial charge on any atom is -0.350 e. The average Bonchev–Trinajstić information content (AvgIpc) is 3.16. The molecule has 19 heavy (non-hydrogen) atoms. The minimum atomic E-state index is -0.476. The van der Waals surface area contributed by atoms with Crippen LogP contribution in [-0.4, -0.2) is 17.9 Å². The molecular formula is C14H15FN2O2. The maximum atomic E-state index is 13.8. The SMILES string of the molecule is O=C1C[C@H](NC(=O)C2CC2)C(c2ccccc2F)N1. The highest BCUT2D eigenvalue weighted by Crippen LogP contribution is 2.31. The Morgan fingerprint density at radius 3 is 2.74 bits per heavy atom. The largest absolute Gasteiger partial charge is 0.350 e. The molecule has 1 aliphatic heterocycles. The molecule has 1 aromatic carbocycles. The lowest BCUT2D eigenvalue weighted by molar-refractivity contribution is -0.123. The third kappa shape index (κ3) is 2.45. The number of rotatable bonds is 3. The molecule has 1 saturated heterocycles. The van der Waals surface area contributed by atoms with E-state index in [0.717, 1.165) is 12.8 Å². The second kappa shape index (κ2) is 4.64. The Bertz CT molecular complexity index is 528. The second-order valence-corrected chi connectivity index (χ2v) is 5.16. The van der Waals surface area contributed by atoms with E-state index in [0.29, 0.717) is 5.56 Å². The zero-order chi connectivity index (χ0) is 13.4. The van der Waals surface area contributed by atoms with E-state index in [1.165, 1.54) is 6.07 Å². The molecule has 1 aliphatic carbocycles. The van der Waals surface area contributed by atoms with Gasteiger partial charge in [-0.2, -0.15) is 0 Å². The first-order valence-corrected chi connectivity index (χ1v) is 6.49. The normalized spacial score (nSPS) is 26.1. The molecule has 5 heteroatoms. The zero-order valence-electron chi connectivity index (χ0n) is 10.4. The van der Waals surface area contributed by atoms with Crippen molar-refractivity contribution in [3.8, 4) is 0 Å². The number of nitrogens with one attached hydrogen (secondary N) is 2. The molecule has 1 unspecified atom stereocenters. The Morgan fingerprint density at radius 1 is 1.32 bits per heavy atom. The smallest absolute Gasteiger partial charge is 0.223 e. The van der Waals surface area contributed by atoms with Gasteiger partial charge in [0.15, 0.2) is 0 Å². The zero-order valence-corrected chi connectivity index (χ0v) is 10.4. The van der Waals surface area contributed by atoms with Crippen molar-refractivity contribution in [1.29, 1.82) is 0 Å². The average molecular weight is 262 g/mol. The highest BCUT2D eigenvalue weighted by molar-refractivity contribution is 5.84. The van der Waals surface area contributed by atoms with Crippen LogP contribution < -0.4 is 10.6 Å². The van der Waals surface area contributed by atoms with Gasteiger partial charge in [0.05, 0.1) is 12.1 Å². The van der Waals surface area contributed by atoms with Gasteiger partial charge in [-0.25, -0.2) is 4.39 Å². The number of carbonyl (C=O) groups excluding carboxylic acids is 2. The van der Waals surface area contributed by atoms with Gasteiger partial charge in [0.25, 0.3) is 0 Å². The summed E-state index contributed by atoms with van der Waals surface area (Å²) in [6.07, 6.45) is 2.02. The summed E-state index contributed by atoms with van der Waals surface area (Å²) >= 11 is 0. The van der Waals surface area contributed by atoms with Gasteiger partial charge in [-0.1, -0.05) is 18.2 Å². The van der Waals surface area contributed by atoms with E-state index < -0.39 is 6.04 Å². The summed E-state index contributed by atoms with van der Waals surface area (Å²) in [7, 11) is 0. The summed E-state index contributed by atoms with van der Waals surface area (Å²) < 4.78 is 13.8. The summed E-state index contributed by atoms with van der Waals surface area (Å²) in [5, 5.41) is 5.59. The summed E-state index contributed by atoms with van der Waals surface area (Å²) in [6.45, 7) is 0. The molecule has 0 aromatic heterocycles. The highest BCUT2D eigenvalue weighted by atomic mass is 19.1. The van der Waals surface area contributed by atoms with E-state index in [1.807, 2.05) is 0 Å². The Balaban J connectivity index is 1.80. The van der Waals surface area contributed by atoms with E-state index in [9.17, 15) is 14.0 Å². The predicted octanol–water partition coefficient (Wildman–Crippen LogP) is 1.28. The van der Waals surface area contributed by atoms with Gasteiger partial charge in [0, 0.05) is 17.9 Å². The van der Waals surface area contributed by atoms with Crippen molar-refractivity contribution >= 4 is 11.8 Å². The van der Waals surface area contributed by atoms with Crippen molar-refractivity contribution in [3.05, 3.63) is 35.6 Å². The van der Waals surface area contributed by atoms with E-state index in [4.69, 9.17) is 0 Å². The topological polar surface area (TPSA) is 58.2 Å². The lowest BCUT2D eigenvalue weighted by Crippen LogP contribution is -2.39. The van der Waals surface area contributed by atoms with Crippen LogP contribution in [0.5, 0.6) is 0 Å². The number of hydrogen-bond acceptors (Lipinski definition) is 2. The highest BCUT2D eigenvalue weighted by Gasteiger charge is 2.38. The summed E-state index contributed by atoms with van der Waals surface area (Å²) in [4.78, 5) is 23.3. The molecule has 1 heterocycles. The molecule has 2 atom stereocenters. The van der Waals surface area contributed by atoms with Crippen LogP contribution in [0.15, 0.2) is 24.3 Å². The molecule has 4 nitrogen and oxygen atoms in total. The number of carbonyl (C=O) groups is 2. The number of amides is 2. The van der Waals surface area contributed by atoms with Crippen LogP contribution in [0.1, 0.15) is 30.9 Å². The summed E-state index contributed by atoms with van der Waals surface area (Å²) in [5.74, 6) is -0.463. The second-order valence-electron chi connectivity index (χ2n) is 5.16. The van der Waals surface area contributed by atoms with Crippen LogP contribution in [-0.2, 0) is 9.59 Å². The Kier molecular flexibility index (Phi) is 2.97. The van der Waals surface area contributed by atoms with Crippen molar-refractivity contribution in [2.45, 2.75) is 31.3 Å². The number of benzene rings is 1. The van der Waals surface area contributed by atoms with Crippen molar-refractivity contribution in [2.75, 3.05) is 0 Å². The Hall–Kier alpha value is -1.91. The number of hydrogen-bond donors (Lipinski definition) is 2. The van der Waals surface area contributed by atoms with Gasteiger partial charge < -0.3 is 10.6 Å². The van der Waals surface area contributed by atoms with Crippen LogP contribution in [0, 0.1) is 11.7 Å². The number of halogens is 1. The molecular weight excluding hydrogens is 247 g/mol. The van der Waals surface area contributed by atoms with Crippen molar-refractivity contribution < 1.29 is 14.0 Å². The monoisotopic (exact) mass is 262 g/mol. The third-order valence-corrected chi connectivity index (χ3v) is 3.64. The minimum absolute atomic E-state index is 0.0251. The lowest BCUT2D eigenvalue weighted by Gasteiger charge is -2.21.